The number of nitro benzene ring substituents is 2. The fraction of sp³-hybridized carbons (Fsp3) is 0.345. The summed E-state index contributed by atoms with van der Waals surface area (Å²) < 4.78 is 0. The molecular formula is C29H27ClN4O5S. The number of thioether (sulfide) groups is 1. The van der Waals surface area contributed by atoms with E-state index in [0.29, 0.717) is 16.9 Å². The SMILES string of the molecule is O=C(c1cccc2c1N[C@@H](c1ccc([N+](=O)[O-])cc1)[C@@H]1C[C@H](Sc3ccccc3[N+](=O)[O-])[C@@H](Cl)[C@@H]21)N1CCCC1. The van der Waals surface area contributed by atoms with Gasteiger partial charge in [0.1, 0.15) is 0 Å². The van der Waals surface area contributed by atoms with Gasteiger partial charge in [-0.3, -0.25) is 25.0 Å². The molecule has 6 rings (SSSR count). The van der Waals surface area contributed by atoms with Crippen LogP contribution >= 0.6 is 23.4 Å². The lowest BCUT2D eigenvalue weighted by atomic mass is 9.76. The molecule has 1 N–H and O–H groups in total. The third-order valence-electron chi connectivity index (χ3n) is 8.27. The van der Waals surface area contributed by atoms with Crippen molar-refractivity contribution in [1.82, 2.24) is 4.90 Å². The Morgan fingerprint density at radius 2 is 1.68 bits per heavy atom. The standard InChI is InChI=1S/C29H27ClN4O5S/c30-26-24(40-23-9-2-1-8-22(23)34(38)39)16-21-25(26)19-6-5-7-20(29(35)32-14-3-4-15-32)28(19)31-27(21)17-10-12-18(13-11-17)33(36)37/h1-2,5-13,21,24-27,31H,3-4,14-16H2/t21-,24+,25+,26-,27+/m1/s1. The van der Waals surface area contributed by atoms with Gasteiger partial charge >= 0.3 is 0 Å². The van der Waals surface area contributed by atoms with Gasteiger partial charge in [-0.1, -0.05) is 36.4 Å². The number of benzene rings is 3. The summed E-state index contributed by atoms with van der Waals surface area (Å²) >= 11 is 8.66. The average molecular weight is 579 g/mol. The van der Waals surface area contributed by atoms with E-state index in [2.05, 4.69) is 5.32 Å². The minimum atomic E-state index is -0.424. The molecule has 3 aromatic carbocycles. The number of nitrogens with zero attached hydrogens (tertiary/aromatic N) is 3. The number of nitro groups is 2. The summed E-state index contributed by atoms with van der Waals surface area (Å²) in [5.74, 6) is -0.128. The van der Waals surface area contributed by atoms with Crippen LogP contribution in [0.1, 0.15) is 52.7 Å². The van der Waals surface area contributed by atoms with Gasteiger partial charge < -0.3 is 10.2 Å². The summed E-state index contributed by atoms with van der Waals surface area (Å²) in [6, 6.07) is 18.7. The van der Waals surface area contributed by atoms with Crippen LogP contribution in [0.5, 0.6) is 0 Å². The van der Waals surface area contributed by atoms with Crippen molar-refractivity contribution in [3.05, 3.63) is 104 Å². The summed E-state index contributed by atoms with van der Waals surface area (Å²) in [6.45, 7) is 1.46. The van der Waals surface area contributed by atoms with Crippen LogP contribution in [-0.2, 0) is 0 Å². The highest BCUT2D eigenvalue weighted by Gasteiger charge is 2.51. The van der Waals surface area contributed by atoms with E-state index in [1.165, 1.54) is 30.0 Å². The first-order chi connectivity index (χ1) is 19.3. The molecule has 0 radical (unpaired) electrons. The lowest BCUT2D eigenvalue weighted by Crippen LogP contribution is -2.34. The Labute approximate surface area is 240 Å². The van der Waals surface area contributed by atoms with Crippen LogP contribution in [0.3, 0.4) is 0 Å². The summed E-state index contributed by atoms with van der Waals surface area (Å²) in [7, 11) is 0. The second-order valence-electron chi connectivity index (χ2n) is 10.5. The fourth-order valence-electron chi connectivity index (χ4n) is 6.42. The molecule has 2 heterocycles. The Bertz CT molecular complexity index is 1480. The number of hydrogen-bond acceptors (Lipinski definition) is 7. The first-order valence-electron chi connectivity index (χ1n) is 13.3. The Hall–Kier alpha value is -3.63. The van der Waals surface area contributed by atoms with Crippen LogP contribution in [0, 0.1) is 26.1 Å². The second kappa shape index (κ2) is 10.7. The van der Waals surface area contributed by atoms with Crippen molar-refractivity contribution in [2.45, 2.75) is 46.7 Å². The number of halogens is 1. The summed E-state index contributed by atoms with van der Waals surface area (Å²) in [5.41, 5.74) is 3.26. The maximum atomic E-state index is 13.6. The van der Waals surface area contributed by atoms with Gasteiger partial charge in [0.2, 0.25) is 0 Å². The van der Waals surface area contributed by atoms with E-state index in [1.54, 1.807) is 30.3 Å². The van der Waals surface area contributed by atoms with Crippen molar-refractivity contribution in [1.29, 1.82) is 0 Å². The molecule has 0 bridgehead atoms. The Kier molecular flexibility index (Phi) is 7.14. The van der Waals surface area contributed by atoms with E-state index < -0.39 is 4.92 Å². The molecule has 1 amide bonds. The molecule has 1 saturated carbocycles. The van der Waals surface area contributed by atoms with Crippen LogP contribution in [0.25, 0.3) is 0 Å². The average Bonchev–Trinajstić information content (AvgIpc) is 3.61. The maximum Gasteiger partial charge on any atom is 0.282 e. The molecule has 1 saturated heterocycles. The number of amides is 1. The second-order valence-corrected chi connectivity index (χ2v) is 12.3. The van der Waals surface area contributed by atoms with Gasteiger partial charge in [-0.2, -0.15) is 0 Å². The van der Waals surface area contributed by atoms with Crippen LogP contribution in [-0.4, -0.2) is 44.4 Å². The molecule has 0 unspecified atom stereocenters. The Balaban J connectivity index is 1.41. The fourth-order valence-corrected chi connectivity index (χ4v) is 8.36. The Morgan fingerprint density at radius 3 is 2.38 bits per heavy atom. The molecule has 2 fully saturated rings. The normalized spacial score (nSPS) is 25.1. The number of carbonyl (C=O) groups is 1. The number of carbonyl (C=O) groups excluding carboxylic acids is 1. The van der Waals surface area contributed by atoms with Crippen LogP contribution in [0.4, 0.5) is 17.1 Å². The van der Waals surface area contributed by atoms with Crippen molar-refractivity contribution in [3.8, 4) is 0 Å². The zero-order valence-corrected chi connectivity index (χ0v) is 23.0. The molecule has 0 spiro atoms. The first-order valence-corrected chi connectivity index (χ1v) is 14.6. The highest BCUT2D eigenvalue weighted by molar-refractivity contribution is 8.00. The van der Waals surface area contributed by atoms with Crippen LogP contribution in [0.15, 0.2) is 71.6 Å². The smallest absolute Gasteiger partial charge is 0.282 e. The van der Waals surface area contributed by atoms with Crippen molar-refractivity contribution in [2.75, 3.05) is 18.4 Å². The van der Waals surface area contributed by atoms with Gasteiger partial charge in [-0.05, 0) is 48.4 Å². The monoisotopic (exact) mass is 578 g/mol. The zero-order valence-electron chi connectivity index (χ0n) is 21.4. The predicted octanol–water partition coefficient (Wildman–Crippen LogP) is 6.78. The molecule has 3 aliphatic rings. The molecule has 9 nitrogen and oxygen atoms in total. The quantitative estimate of drug-likeness (QED) is 0.194. The molecule has 206 valence electrons. The molecule has 0 aromatic heterocycles. The number of para-hydroxylation sites is 2. The summed E-state index contributed by atoms with van der Waals surface area (Å²) in [6.07, 6.45) is 2.64. The van der Waals surface area contributed by atoms with E-state index in [1.807, 2.05) is 23.1 Å². The number of hydrogen-bond donors (Lipinski definition) is 1. The van der Waals surface area contributed by atoms with E-state index in [-0.39, 0.29) is 50.7 Å². The highest BCUT2D eigenvalue weighted by Crippen LogP contribution is 2.58. The highest BCUT2D eigenvalue weighted by atomic mass is 35.5. The predicted molar refractivity (Wildman–Crippen MR) is 154 cm³/mol. The maximum absolute atomic E-state index is 13.6. The first kappa shape index (κ1) is 26.6. The Morgan fingerprint density at radius 1 is 0.950 bits per heavy atom. The van der Waals surface area contributed by atoms with E-state index in [9.17, 15) is 25.0 Å². The van der Waals surface area contributed by atoms with Crippen LogP contribution < -0.4 is 5.32 Å². The van der Waals surface area contributed by atoms with Crippen molar-refractivity contribution in [3.63, 3.8) is 0 Å². The number of likely N-dealkylation sites (tertiary alicyclic amines) is 1. The van der Waals surface area contributed by atoms with Gasteiger partial charge in [0.15, 0.2) is 0 Å². The van der Waals surface area contributed by atoms with Crippen molar-refractivity contribution in [2.24, 2.45) is 5.92 Å². The lowest BCUT2D eigenvalue weighted by Gasteiger charge is -2.39. The molecule has 11 heteroatoms. The van der Waals surface area contributed by atoms with Gasteiger partial charge in [0.25, 0.3) is 17.3 Å². The zero-order chi connectivity index (χ0) is 28.0. The van der Waals surface area contributed by atoms with E-state index in [4.69, 9.17) is 11.6 Å². The molecule has 2 aliphatic heterocycles. The number of nitrogens with one attached hydrogen (secondary N) is 1. The number of rotatable bonds is 6. The number of fused-ring (bicyclic) bond motifs is 3. The number of anilines is 1. The van der Waals surface area contributed by atoms with E-state index >= 15 is 0 Å². The van der Waals surface area contributed by atoms with Crippen LogP contribution in [0.2, 0.25) is 0 Å². The molecule has 3 aromatic rings. The molecule has 40 heavy (non-hydrogen) atoms. The topological polar surface area (TPSA) is 119 Å². The minimum Gasteiger partial charge on any atom is -0.377 e. The largest absolute Gasteiger partial charge is 0.377 e. The van der Waals surface area contributed by atoms with E-state index in [0.717, 1.165) is 42.7 Å². The van der Waals surface area contributed by atoms with Gasteiger partial charge in [-0.15, -0.1) is 23.4 Å². The summed E-state index contributed by atoms with van der Waals surface area (Å²) in [5, 5.41) is 26.1. The minimum absolute atomic E-state index is 0.00729. The third kappa shape index (κ3) is 4.69. The van der Waals surface area contributed by atoms with Crippen molar-refractivity contribution >= 4 is 46.3 Å². The third-order valence-corrected chi connectivity index (χ3v) is 10.4. The van der Waals surface area contributed by atoms with Gasteiger partial charge in [-0.25, -0.2) is 0 Å². The number of non-ortho nitro benzene ring substituents is 1. The molecule has 5 atom stereocenters. The molecule has 1 aliphatic carbocycles. The number of alkyl halides is 1. The summed E-state index contributed by atoms with van der Waals surface area (Å²) in [4.78, 5) is 38.2. The molecular weight excluding hydrogens is 552 g/mol. The van der Waals surface area contributed by atoms with Gasteiger partial charge in [0, 0.05) is 42.5 Å². The van der Waals surface area contributed by atoms with Gasteiger partial charge in [0.05, 0.1) is 37.4 Å². The van der Waals surface area contributed by atoms with Crippen molar-refractivity contribution < 1.29 is 14.6 Å². The lowest BCUT2D eigenvalue weighted by molar-refractivity contribution is -0.387.